The number of ether oxygens (including phenoxy) is 2. The SMILES string of the molecule is COC(=O)Oc1cc(Br)c(C(C)(C)c2c(Br)cc(C)cc2Br)c(Br)c1. The molecule has 0 amide bonds. The van der Waals surface area contributed by atoms with Crippen LogP contribution in [0.3, 0.4) is 0 Å². The van der Waals surface area contributed by atoms with E-state index in [2.05, 4.69) is 101 Å². The Morgan fingerprint density at radius 1 is 0.880 bits per heavy atom. The lowest BCUT2D eigenvalue weighted by atomic mass is 9.78. The number of benzene rings is 2. The highest BCUT2D eigenvalue weighted by atomic mass is 79.9. The lowest BCUT2D eigenvalue weighted by Gasteiger charge is -2.31. The van der Waals surface area contributed by atoms with Crippen LogP contribution in [0.15, 0.2) is 42.2 Å². The van der Waals surface area contributed by atoms with Crippen LogP contribution in [0.5, 0.6) is 5.75 Å². The second-order valence-corrected chi connectivity index (χ2v) is 9.46. The van der Waals surface area contributed by atoms with Gasteiger partial charge in [0.25, 0.3) is 0 Å². The Kier molecular flexibility index (Phi) is 6.79. The third-order valence-electron chi connectivity index (χ3n) is 3.82. The van der Waals surface area contributed by atoms with Crippen LogP contribution in [0.4, 0.5) is 4.79 Å². The molecular weight excluding hydrogens is 584 g/mol. The summed E-state index contributed by atoms with van der Waals surface area (Å²) in [6.45, 7) is 6.33. The summed E-state index contributed by atoms with van der Waals surface area (Å²) in [4.78, 5) is 11.3. The maximum Gasteiger partial charge on any atom is 0.513 e. The summed E-state index contributed by atoms with van der Waals surface area (Å²) in [5.41, 5.74) is 2.99. The Labute approximate surface area is 181 Å². The van der Waals surface area contributed by atoms with Crippen LogP contribution >= 0.6 is 63.7 Å². The topological polar surface area (TPSA) is 35.5 Å². The molecule has 0 saturated carbocycles. The lowest BCUT2D eigenvalue weighted by Crippen LogP contribution is -2.22. The quantitative estimate of drug-likeness (QED) is 0.271. The number of carbonyl (C=O) groups is 1. The largest absolute Gasteiger partial charge is 0.513 e. The predicted octanol–water partition coefficient (Wildman–Crippen LogP) is 7.52. The number of hydrogen-bond donors (Lipinski definition) is 0. The van der Waals surface area contributed by atoms with Crippen LogP contribution in [0, 0.1) is 6.92 Å². The van der Waals surface area contributed by atoms with Crippen LogP contribution < -0.4 is 4.74 Å². The summed E-state index contributed by atoms with van der Waals surface area (Å²) < 4.78 is 13.4. The van der Waals surface area contributed by atoms with Gasteiger partial charge < -0.3 is 9.47 Å². The van der Waals surface area contributed by atoms with Crippen molar-refractivity contribution in [1.29, 1.82) is 0 Å². The molecule has 25 heavy (non-hydrogen) atoms. The number of halogens is 4. The normalized spacial score (nSPS) is 11.4. The summed E-state index contributed by atoms with van der Waals surface area (Å²) >= 11 is 14.6. The van der Waals surface area contributed by atoms with Crippen LogP contribution in [-0.4, -0.2) is 13.3 Å². The summed E-state index contributed by atoms with van der Waals surface area (Å²) in [7, 11) is 1.27. The maximum atomic E-state index is 11.3. The summed E-state index contributed by atoms with van der Waals surface area (Å²) in [6.07, 6.45) is -0.755. The fourth-order valence-electron chi connectivity index (χ4n) is 2.77. The van der Waals surface area contributed by atoms with Gasteiger partial charge >= 0.3 is 6.16 Å². The van der Waals surface area contributed by atoms with E-state index in [0.717, 1.165) is 29.0 Å². The minimum atomic E-state index is -0.755. The van der Waals surface area contributed by atoms with Crippen molar-refractivity contribution in [3.63, 3.8) is 0 Å². The number of aryl methyl sites for hydroxylation is 1. The molecule has 0 N–H and O–H groups in total. The minimum Gasteiger partial charge on any atom is -0.437 e. The zero-order chi connectivity index (χ0) is 18.9. The van der Waals surface area contributed by atoms with Crippen LogP contribution in [0.25, 0.3) is 0 Å². The molecule has 7 heteroatoms. The first-order valence-corrected chi connectivity index (χ1v) is 10.5. The molecule has 0 saturated heterocycles. The standard InChI is InChI=1S/C18H16Br4O3/c1-9-5-11(19)15(12(20)6-9)18(2,3)16-13(21)7-10(8-14(16)22)25-17(23)24-4/h5-8H,1-4H3. The summed E-state index contributed by atoms with van der Waals surface area (Å²) in [6, 6.07) is 7.71. The van der Waals surface area contributed by atoms with Crippen molar-refractivity contribution < 1.29 is 14.3 Å². The van der Waals surface area contributed by atoms with E-state index in [-0.39, 0.29) is 5.41 Å². The van der Waals surface area contributed by atoms with Crippen molar-refractivity contribution in [3.05, 3.63) is 58.8 Å². The first kappa shape index (κ1) is 20.9. The van der Waals surface area contributed by atoms with Gasteiger partial charge in [0.05, 0.1) is 7.11 Å². The van der Waals surface area contributed by atoms with Gasteiger partial charge in [0.15, 0.2) is 0 Å². The molecule has 2 rings (SSSR count). The van der Waals surface area contributed by atoms with E-state index in [9.17, 15) is 4.79 Å². The Bertz CT molecular complexity index is 785. The molecule has 0 fully saturated rings. The molecule has 0 unspecified atom stereocenters. The highest BCUT2D eigenvalue weighted by molar-refractivity contribution is 9.11. The molecule has 0 aromatic heterocycles. The van der Waals surface area contributed by atoms with Crippen molar-refractivity contribution in [1.82, 2.24) is 0 Å². The molecular formula is C18H16Br4O3. The molecule has 2 aromatic carbocycles. The number of methoxy groups -OCH3 is 1. The van der Waals surface area contributed by atoms with Crippen molar-refractivity contribution in [2.24, 2.45) is 0 Å². The lowest BCUT2D eigenvalue weighted by molar-refractivity contribution is 0.121. The zero-order valence-corrected chi connectivity index (χ0v) is 20.4. The molecule has 0 bridgehead atoms. The molecule has 0 heterocycles. The molecule has 0 aliphatic carbocycles. The van der Waals surface area contributed by atoms with Gasteiger partial charge in [-0.05, 0) is 47.9 Å². The molecule has 134 valence electrons. The fourth-order valence-corrected chi connectivity index (χ4v) is 7.31. The van der Waals surface area contributed by atoms with E-state index in [1.165, 1.54) is 12.7 Å². The number of hydrogen-bond acceptors (Lipinski definition) is 3. The average Bonchev–Trinajstić information content (AvgIpc) is 2.44. The van der Waals surface area contributed by atoms with Crippen molar-refractivity contribution in [2.45, 2.75) is 26.2 Å². The van der Waals surface area contributed by atoms with E-state index in [0.29, 0.717) is 5.75 Å². The van der Waals surface area contributed by atoms with Gasteiger partial charge in [-0.3, -0.25) is 0 Å². The van der Waals surface area contributed by atoms with Crippen LogP contribution in [0.1, 0.15) is 30.5 Å². The van der Waals surface area contributed by atoms with Crippen molar-refractivity contribution in [2.75, 3.05) is 7.11 Å². The van der Waals surface area contributed by atoms with Gasteiger partial charge in [0.1, 0.15) is 5.75 Å². The first-order chi connectivity index (χ1) is 11.6. The van der Waals surface area contributed by atoms with Gasteiger partial charge in [0, 0.05) is 23.3 Å². The summed E-state index contributed by atoms with van der Waals surface area (Å²) in [5, 5.41) is 0. The Hall–Kier alpha value is -0.370. The first-order valence-electron chi connectivity index (χ1n) is 7.29. The number of carbonyl (C=O) groups excluding carboxylic acids is 1. The molecule has 0 radical (unpaired) electrons. The highest BCUT2D eigenvalue weighted by Crippen LogP contribution is 2.47. The Balaban J connectivity index is 2.59. The molecule has 0 aliphatic heterocycles. The molecule has 0 spiro atoms. The molecule has 0 atom stereocenters. The van der Waals surface area contributed by atoms with Crippen LogP contribution in [0.2, 0.25) is 0 Å². The van der Waals surface area contributed by atoms with Crippen LogP contribution in [-0.2, 0) is 10.2 Å². The van der Waals surface area contributed by atoms with E-state index in [1.54, 1.807) is 12.1 Å². The third-order valence-corrected chi connectivity index (χ3v) is 6.32. The maximum absolute atomic E-state index is 11.3. The minimum absolute atomic E-state index is 0.340. The van der Waals surface area contributed by atoms with E-state index in [1.807, 2.05) is 0 Å². The second kappa shape index (κ2) is 8.11. The van der Waals surface area contributed by atoms with Crippen molar-refractivity contribution >= 4 is 69.9 Å². The summed E-state index contributed by atoms with van der Waals surface area (Å²) in [5.74, 6) is 0.396. The highest BCUT2D eigenvalue weighted by Gasteiger charge is 2.32. The van der Waals surface area contributed by atoms with E-state index >= 15 is 0 Å². The van der Waals surface area contributed by atoms with Gasteiger partial charge in [-0.15, -0.1) is 0 Å². The smallest absolute Gasteiger partial charge is 0.437 e. The van der Waals surface area contributed by atoms with E-state index in [4.69, 9.17) is 4.74 Å². The molecule has 0 aliphatic rings. The fraction of sp³-hybridized carbons (Fsp3) is 0.278. The average molecular weight is 600 g/mol. The van der Waals surface area contributed by atoms with Gasteiger partial charge in [-0.1, -0.05) is 77.6 Å². The molecule has 2 aromatic rings. The van der Waals surface area contributed by atoms with Crippen molar-refractivity contribution in [3.8, 4) is 5.75 Å². The zero-order valence-electron chi connectivity index (χ0n) is 14.0. The van der Waals surface area contributed by atoms with Gasteiger partial charge in [-0.2, -0.15) is 0 Å². The van der Waals surface area contributed by atoms with Gasteiger partial charge in [-0.25, -0.2) is 4.79 Å². The number of rotatable bonds is 3. The van der Waals surface area contributed by atoms with Gasteiger partial charge in [0.2, 0.25) is 0 Å². The third kappa shape index (κ3) is 4.49. The Morgan fingerprint density at radius 3 is 1.68 bits per heavy atom. The Morgan fingerprint density at radius 2 is 1.28 bits per heavy atom. The molecule has 3 nitrogen and oxygen atoms in total. The predicted molar refractivity (Wildman–Crippen MR) is 114 cm³/mol. The monoisotopic (exact) mass is 596 g/mol. The van der Waals surface area contributed by atoms with E-state index < -0.39 is 6.16 Å². The second-order valence-electron chi connectivity index (χ2n) is 6.05.